The molecule has 2 fully saturated rings. The van der Waals surface area contributed by atoms with Crippen LogP contribution < -0.4 is 0 Å². The van der Waals surface area contributed by atoms with Gasteiger partial charge in [0.05, 0.1) is 0 Å². The fourth-order valence-corrected chi connectivity index (χ4v) is 2.07. The summed E-state index contributed by atoms with van der Waals surface area (Å²) in [6.07, 6.45) is 3.69. The van der Waals surface area contributed by atoms with E-state index in [0.717, 1.165) is 0 Å². The molecule has 13 heavy (non-hydrogen) atoms. The van der Waals surface area contributed by atoms with Gasteiger partial charge in [0.1, 0.15) is 24.4 Å². The quantitative estimate of drug-likeness (QED) is 0.411. The van der Waals surface area contributed by atoms with Gasteiger partial charge < -0.3 is 9.47 Å². The standard InChI is InChI=1S/C9H12O4/c1-9(2)10-7-5-3-4-6(13-12-5)8(7)11-9/h3-8H,1-2H3/t5-,6+,7+,8-. The monoisotopic (exact) mass is 184 g/mol. The molecule has 0 radical (unpaired) electrons. The molecule has 4 rings (SSSR count). The number of hydrogen-bond donors (Lipinski definition) is 0. The Kier molecular flexibility index (Phi) is 1.42. The van der Waals surface area contributed by atoms with Gasteiger partial charge in [0.25, 0.3) is 0 Å². The summed E-state index contributed by atoms with van der Waals surface area (Å²) in [4.78, 5) is 10.2. The van der Waals surface area contributed by atoms with Gasteiger partial charge in [-0.05, 0) is 13.8 Å². The summed E-state index contributed by atoms with van der Waals surface area (Å²) in [6.45, 7) is 3.82. The number of hydrogen-bond acceptors (Lipinski definition) is 4. The first-order valence-corrected chi connectivity index (χ1v) is 4.52. The first-order valence-electron chi connectivity index (χ1n) is 4.52. The SMILES string of the molecule is CC1(C)O[C@@H]2[C@H](O1)[C@@H]1C=C[C@H]2OO1. The average Bonchev–Trinajstić information content (AvgIpc) is 2.43. The summed E-state index contributed by atoms with van der Waals surface area (Å²) in [6, 6.07) is 0. The van der Waals surface area contributed by atoms with Crippen molar-refractivity contribution in [3.05, 3.63) is 12.2 Å². The highest BCUT2D eigenvalue weighted by molar-refractivity contribution is 5.13. The lowest BCUT2D eigenvalue weighted by Gasteiger charge is -2.36. The van der Waals surface area contributed by atoms with E-state index in [4.69, 9.17) is 19.2 Å². The molecule has 0 spiro atoms. The molecular formula is C9H12O4. The Morgan fingerprint density at radius 1 is 0.923 bits per heavy atom. The van der Waals surface area contributed by atoms with E-state index in [2.05, 4.69) is 0 Å². The van der Waals surface area contributed by atoms with E-state index >= 15 is 0 Å². The van der Waals surface area contributed by atoms with Gasteiger partial charge in [0, 0.05) is 0 Å². The molecule has 0 N–H and O–H groups in total. The maximum atomic E-state index is 5.71. The van der Waals surface area contributed by atoms with Crippen molar-refractivity contribution in [3.63, 3.8) is 0 Å². The van der Waals surface area contributed by atoms with Crippen LogP contribution in [0.4, 0.5) is 0 Å². The highest BCUT2D eigenvalue weighted by atomic mass is 17.2. The van der Waals surface area contributed by atoms with Crippen LogP contribution >= 0.6 is 0 Å². The van der Waals surface area contributed by atoms with Crippen molar-refractivity contribution in [1.82, 2.24) is 0 Å². The second kappa shape index (κ2) is 2.33. The predicted molar refractivity (Wildman–Crippen MR) is 42.7 cm³/mol. The molecule has 0 saturated carbocycles. The highest BCUT2D eigenvalue weighted by Gasteiger charge is 2.54. The first kappa shape index (κ1) is 7.94. The van der Waals surface area contributed by atoms with Crippen LogP contribution in [0.25, 0.3) is 0 Å². The molecule has 2 saturated heterocycles. The third kappa shape index (κ3) is 1.07. The van der Waals surface area contributed by atoms with Gasteiger partial charge in [-0.3, -0.25) is 0 Å². The zero-order valence-corrected chi connectivity index (χ0v) is 7.60. The van der Waals surface area contributed by atoms with Crippen LogP contribution in [-0.4, -0.2) is 30.2 Å². The van der Waals surface area contributed by atoms with Crippen LogP contribution in [0.2, 0.25) is 0 Å². The summed E-state index contributed by atoms with van der Waals surface area (Å²) < 4.78 is 11.4. The summed E-state index contributed by atoms with van der Waals surface area (Å²) in [5.74, 6) is -0.519. The molecule has 4 atom stereocenters. The van der Waals surface area contributed by atoms with Crippen LogP contribution in [-0.2, 0) is 19.2 Å². The van der Waals surface area contributed by atoms with E-state index in [-0.39, 0.29) is 24.4 Å². The average molecular weight is 184 g/mol. The number of ether oxygens (including phenoxy) is 2. The second-order valence-electron chi connectivity index (χ2n) is 4.07. The zero-order chi connectivity index (χ0) is 9.05. The summed E-state index contributed by atoms with van der Waals surface area (Å²) in [5.41, 5.74) is 0. The van der Waals surface area contributed by atoms with Gasteiger partial charge in [-0.25, -0.2) is 9.78 Å². The largest absolute Gasteiger partial charge is 0.341 e. The third-order valence-corrected chi connectivity index (χ3v) is 2.58. The normalized spacial score (nSPS) is 50.9. The van der Waals surface area contributed by atoms with E-state index in [1.54, 1.807) is 0 Å². The summed E-state index contributed by atoms with van der Waals surface area (Å²) >= 11 is 0. The van der Waals surface area contributed by atoms with Crippen LogP contribution in [0.3, 0.4) is 0 Å². The van der Waals surface area contributed by atoms with Crippen LogP contribution in [0, 0.1) is 0 Å². The van der Waals surface area contributed by atoms with Crippen molar-refractivity contribution in [3.8, 4) is 0 Å². The zero-order valence-electron chi connectivity index (χ0n) is 7.60. The van der Waals surface area contributed by atoms with Crippen molar-refractivity contribution >= 4 is 0 Å². The van der Waals surface area contributed by atoms with Gasteiger partial charge in [0.2, 0.25) is 0 Å². The molecular weight excluding hydrogens is 172 g/mol. The van der Waals surface area contributed by atoms with Crippen molar-refractivity contribution in [2.24, 2.45) is 0 Å². The molecule has 0 amide bonds. The van der Waals surface area contributed by atoms with Crippen LogP contribution in [0.5, 0.6) is 0 Å². The van der Waals surface area contributed by atoms with E-state index < -0.39 is 5.79 Å². The Morgan fingerprint density at radius 3 is 1.77 bits per heavy atom. The number of fused-ring (bicyclic) bond motifs is 1. The minimum atomic E-state index is -0.519. The van der Waals surface area contributed by atoms with Crippen molar-refractivity contribution in [2.75, 3.05) is 0 Å². The minimum Gasteiger partial charge on any atom is -0.341 e. The third-order valence-electron chi connectivity index (χ3n) is 2.58. The summed E-state index contributed by atoms with van der Waals surface area (Å²) in [7, 11) is 0. The van der Waals surface area contributed by atoms with Gasteiger partial charge in [0.15, 0.2) is 5.79 Å². The van der Waals surface area contributed by atoms with Crippen LogP contribution in [0.1, 0.15) is 13.8 Å². The van der Waals surface area contributed by atoms with Gasteiger partial charge in [-0.15, -0.1) is 0 Å². The van der Waals surface area contributed by atoms with Gasteiger partial charge in [-0.1, -0.05) is 12.2 Å². The lowest BCUT2D eigenvalue weighted by molar-refractivity contribution is -0.388. The first-order chi connectivity index (χ1) is 6.16. The molecule has 72 valence electrons. The highest BCUT2D eigenvalue weighted by Crippen LogP contribution is 2.39. The topological polar surface area (TPSA) is 36.9 Å². The van der Waals surface area contributed by atoms with E-state index in [9.17, 15) is 0 Å². The molecule has 0 aromatic rings. The fraction of sp³-hybridized carbons (Fsp3) is 0.778. The van der Waals surface area contributed by atoms with Crippen molar-refractivity contribution in [2.45, 2.75) is 44.1 Å². The lowest BCUT2D eigenvalue weighted by Crippen LogP contribution is -2.51. The second-order valence-corrected chi connectivity index (χ2v) is 4.07. The molecule has 1 aliphatic carbocycles. The lowest BCUT2D eigenvalue weighted by atomic mass is 9.95. The maximum absolute atomic E-state index is 5.71. The smallest absolute Gasteiger partial charge is 0.164 e. The Morgan fingerprint density at radius 2 is 1.38 bits per heavy atom. The molecule has 3 aliphatic heterocycles. The van der Waals surface area contributed by atoms with Gasteiger partial charge >= 0.3 is 0 Å². The molecule has 0 aromatic carbocycles. The Hall–Kier alpha value is -0.420. The van der Waals surface area contributed by atoms with E-state index in [1.165, 1.54) is 0 Å². The van der Waals surface area contributed by atoms with E-state index in [1.807, 2.05) is 26.0 Å². The molecule has 0 unspecified atom stereocenters. The summed E-state index contributed by atoms with van der Waals surface area (Å²) in [5, 5.41) is 0. The number of rotatable bonds is 0. The molecule has 2 bridgehead atoms. The van der Waals surface area contributed by atoms with E-state index in [0.29, 0.717) is 0 Å². The molecule has 0 aromatic heterocycles. The Balaban J connectivity index is 1.92. The molecule has 3 heterocycles. The maximum Gasteiger partial charge on any atom is 0.164 e. The minimum absolute atomic E-state index is 0.0150. The Labute approximate surface area is 76.3 Å². The molecule has 4 nitrogen and oxygen atoms in total. The molecule has 4 aliphatic rings. The molecule has 4 heteroatoms. The van der Waals surface area contributed by atoms with Crippen LogP contribution in [0.15, 0.2) is 12.2 Å². The van der Waals surface area contributed by atoms with Crippen molar-refractivity contribution in [1.29, 1.82) is 0 Å². The van der Waals surface area contributed by atoms with Crippen molar-refractivity contribution < 1.29 is 19.2 Å². The predicted octanol–water partition coefficient (Wildman–Crippen LogP) is 0.775. The van der Waals surface area contributed by atoms with Gasteiger partial charge in [-0.2, -0.15) is 0 Å². The fourth-order valence-electron chi connectivity index (χ4n) is 2.07. The Bertz CT molecular complexity index is 236.